The van der Waals surface area contributed by atoms with E-state index in [2.05, 4.69) is 19.6 Å². The minimum absolute atomic E-state index is 0.276. The Kier molecular flexibility index (Phi) is 4.24. The monoisotopic (exact) mass is 186 g/mol. The van der Waals surface area contributed by atoms with Crippen LogP contribution in [0.4, 0.5) is 0 Å². The molecule has 0 bridgehead atoms. The molecule has 0 aromatic rings. The van der Waals surface area contributed by atoms with Crippen LogP contribution in [0.25, 0.3) is 0 Å². The van der Waals surface area contributed by atoms with Gasteiger partial charge in [0.2, 0.25) is 0 Å². The molecular weight excluding hydrogens is 168 g/mol. The Hall–Kier alpha value is -0.573. The number of allylic oxidation sites excluding steroid dienone is 1. The van der Waals surface area contributed by atoms with Gasteiger partial charge in [-0.25, -0.2) is 0 Å². The maximum atomic E-state index is 10.7. The number of carboxylic acid groups (broad SMARTS) is 1. The van der Waals surface area contributed by atoms with Crippen LogP contribution in [0.2, 0.25) is 25.7 Å². The standard InChI is InChI=1S/C9H18O2Si/c1-5-6-8(9(10)11)7-12(2,3)4/h5-6,8H,7H2,1-4H3,(H,10,11). The first kappa shape index (κ1) is 11.4. The fourth-order valence-corrected chi connectivity index (χ4v) is 2.76. The summed E-state index contributed by atoms with van der Waals surface area (Å²) in [5, 5.41) is 8.84. The van der Waals surface area contributed by atoms with Crippen molar-refractivity contribution in [2.24, 2.45) is 5.92 Å². The quantitative estimate of drug-likeness (QED) is 0.541. The first-order valence-electron chi connectivity index (χ1n) is 4.22. The summed E-state index contributed by atoms with van der Waals surface area (Å²) in [6.45, 7) is 8.42. The number of hydrogen-bond acceptors (Lipinski definition) is 1. The van der Waals surface area contributed by atoms with Gasteiger partial charge >= 0.3 is 5.97 Å². The van der Waals surface area contributed by atoms with E-state index < -0.39 is 14.0 Å². The predicted octanol–water partition coefficient (Wildman–Crippen LogP) is 2.60. The third kappa shape index (κ3) is 5.13. The number of hydrogen-bond donors (Lipinski definition) is 1. The highest BCUT2D eigenvalue weighted by Gasteiger charge is 2.23. The average molecular weight is 186 g/mol. The van der Waals surface area contributed by atoms with Crippen molar-refractivity contribution < 1.29 is 9.90 Å². The molecule has 0 aromatic heterocycles. The summed E-state index contributed by atoms with van der Waals surface area (Å²) in [6.07, 6.45) is 3.60. The number of carboxylic acids is 1. The predicted molar refractivity (Wildman–Crippen MR) is 54.1 cm³/mol. The van der Waals surface area contributed by atoms with Crippen molar-refractivity contribution in [3.05, 3.63) is 12.2 Å². The lowest BCUT2D eigenvalue weighted by Crippen LogP contribution is -2.26. The van der Waals surface area contributed by atoms with Crippen molar-refractivity contribution >= 4 is 14.0 Å². The van der Waals surface area contributed by atoms with E-state index in [-0.39, 0.29) is 5.92 Å². The summed E-state index contributed by atoms with van der Waals surface area (Å²) in [5.41, 5.74) is 0. The van der Waals surface area contributed by atoms with Crippen molar-refractivity contribution in [3.63, 3.8) is 0 Å². The molecule has 0 aliphatic heterocycles. The Morgan fingerprint density at radius 2 is 2.00 bits per heavy atom. The average Bonchev–Trinajstić information content (AvgIpc) is 1.83. The van der Waals surface area contributed by atoms with Crippen LogP contribution in [0.15, 0.2) is 12.2 Å². The van der Waals surface area contributed by atoms with Gasteiger partial charge in [0, 0.05) is 8.07 Å². The molecule has 0 saturated heterocycles. The second-order valence-corrected chi connectivity index (χ2v) is 9.76. The summed E-state index contributed by atoms with van der Waals surface area (Å²) in [5.74, 6) is -0.975. The molecule has 0 radical (unpaired) electrons. The molecule has 0 saturated carbocycles. The Bertz CT molecular complexity index is 179. The van der Waals surface area contributed by atoms with Gasteiger partial charge in [-0.15, -0.1) is 0 Å². The van der Waals surface area contributed by atoms with Crippen LogP contribution in [-0.2, 0) is 4.79 Å². The summed E-state index contributed by atoms with van der Waals surface area (Å²) >= 11 is 0. The molecule has 2 nitrogen and oxygen atoms in total. The van der Waals surface area contributed by atoms with Gasteiger partial charge in [0.1, 0.15) is 0 Å². The van der Waals surface area contributed by atoms with Gasteiger partial charge in [0.25, 0.3) is 0 Å². The Balaban J connectivity index is 4.24. The second-order valence-electron chi connectivity index (χ2n) is 4.24. The Morgan fingerprint density at radius 1 is 1.50 bits per heavy atom. The van der Waals surface area contributed by atoms with Crippen molar-refractivity contribution in [1.29, 1.82) is 0 Å². The Morgan fingerprint density at radius 3 is 2.25 bits per heavy atom. The molecule has 0 spiro atoms. The van der Waals surface area contributed by atoms with E-state index in [1.807, 2.05) is 13.0 Å². The molecule has 1 N–H and O–H groups in total. The highest BCUT2D eigenvalue weighted by Crippen LogP contribution is 2.18. The summed E-state index contributed by atoms with van der Waals surface area (Å²) < 4.78 is 0. The number of aliphatic carboxylic acids is 1. The summed E-state index contributed by atoms with van der Waals surface area (Å²) in [4.78, 5) is 10.7. The molecule has 3 heteroatoms. The first-order valence-corrected chi connectivity index (χ1v) is 7.93. The zero-order valence-electron chi connectivity index (χ0n) is 8.29. The molecule has 0 rings (SSSR count). The molecule has 0 aliphatic rings. The number of carbonyl (C=O) groups is 1. The van der Waals surface area contributed by atoms with E-state index in [4.69, 9.17) is 5.11 Å². The minimum atomic E-state index is -1.25. The molecule has 0 aromatic carbocycles. The maximum Gasteiger partial charge on any atom is 0.310 e. The topological polar surface area (TPSA) is 37.3 Å². The molecule has 1 atom stereocenters. The normalized spacial score (nSPS) is 15.0. The van der Waals surface area contributed by atoms with E-state index in [1.165, 1.54) is 0 Å². The van der Waals surface area contributed by atoms with Gasteiger partial charge in [-0.1, -0.05) is 31.8 Å². The maximum absolute atomic E-state index is 10.7. The van der Waals surface area contributed by atoms with Gasteiger partial charge in [-0.2, -0.15) is 0 Å². The Labute approximate surface area is 75.3 Å². The molecule has 0 amide bonds. The molecule has 1 unspecified atom stereocenters. The van der Waals surface area contributed by atoms with Crippen molar-refractivity contribution in [3.8, 4) is 0 Å². The van der Waals surface area contributed by atoms with Crippen LogP contribution in [0.1, 0.15) is 6.92 Å². The summed E-state index contributed by atoms with van der Waals surface area (Å²) in [7, 11) is -1.25. The van der Waals surface area contributed by atoms with Crippen molar-refractivity contribution in [1.82, 2.24) is 0 Å². The van der Waals surface area contributed by atoms with Crippen molar-refractivity contribution in [2.45, 2.75) is 32.6 Å². The van der Waals surface area contributed by atoms with E-state index >= 15 is 0 Å². The molecule has 0 fully saturated rings. The fraction of sp³-hybridized carbons (Fsp3) is 0.667. The van der Waals surface area contributed by atoms with Crippen LogP contribution >= 0.6 is 0 Å². The smallest absolute Gasteiger partial charge is 0.310 e. The highest BCUT2D eigenvalue weighted by molar-refractivity contribution is 6.76. The second kappa shape index (κ2) is 4.45. The molecule has 0 heterocycles. The zero-order chi connectivity index (χ0) is 9.78. The molecule has 70 valence electrons. The fourth-order valence-electron chi connectivity index (χ4n) is 1.13. The summed E-state index contributed by atoms with van der Waals surface area (Å²) in [6, 6.07) is 0.826. The van der Waals surface area contributed by atoms with E-state index in [0.717, 1.165) is 6.04 Å². The number of rotatable bonds is 4. The van der Waals surface area contributed by atoms with Crippen LogP contribution < -0.4 is 0 Å². The lowest BCUT2D eigenvalue weighted by atomic mass is 10.2. The third-order valence-electron chi connectivity index (χ3n) is 1.57. The largest absolute Gasteiger partial charge is 0.481 e. The lowest BCUT2D eigenvalue weighted by molar-refractivity contribution is -0.139. The van der Waals surface area contributed by atoms with Gasteiger partial charge < -0.3 is 5.11 Å². The van der Waals surface area contributed by atoms with Gasteiger partial charge in [-0.3, -0.25) is 4.79 Å². The molecule has 12 heavy (non-hydrogen) atoms. The van der Waals surface area contributed by atoms with E-state index in [1.54, 1.807) is 6.08 Å². The first-order chi connectivity index (χ1) is 5.37. The SMILES string of the molecule is CC=CC(C[Si](C)(C)C)C(=O)O. The lowest BCUT2D eigenvalue weighted by Gasteiger charge is -2.18. The van der Waals surface area contributed by atoms with Gasteiger partial charge in [0.15, 0.2) is 0 Å². The third-order valence-corrected chi connectivity index (χ3v) is 3.24. The van der Waals surface area contributed by atoms with Gasteiger partial charge in [-0.05, 0) is 13.0 Å². The van der Waals surface area contributed by atoms with Crippen molar-refractivity contribution in [2.75, 3.05) is 0 Å². The van der Waals surface area contributed by atoms with E-state index in [9.17, 15) is 4.79 Å². The van der Waals surface area contributed by atoms with E-state index in [0.29, 0.717) is 0 Å². The van der Waals surface area contributed by atoms with Crippen LogP contribution in [-0.4, -0.2) is 19.1 Å². The van der Waals surface area contributed by atoms with Crippen LogP contribution in [0.5, 0.6) is 0 Å². The highest BCUT2D eigenvalue weighted by atomic mass is 28.3. The zero-order valence-corrected chi connectivity index (χ0v) is 9.29. The van der Waals surface area contributed by atoms with Gasteiger partial charge in [0.05, 0.1) is 5.92 Å². The van der Waals surface area contributed by atoms with Crippen LogP contribution in [0.3, 0.4) is 0 Å². The molecule has 0 aliphatic carbocycles. The molecular formula is C9H18O2Si. The van der Waals surface area contributed by atoms with Crippen LogP contribution in [0, 0.1) is 5.92 Å². The minimum Gasteiger partial charge on any atom is -0.481 e.